The summed E-state index contributed by atoms with van der Waals surface area (Å²) in [6.45, 7) is 7.44. The summed E-state index contributed by atoms with van der Waals surface area (Å²) < 4.78 is 27.3. The van der Waals surface area contributed by atoms with Crippen LogP contribution >= 0.6 is 0 Å². The molecule has 228 valence electrons. The Morgan fingerprint density at radius 2 is 1.48 bits per heavy atom. The highest BCUT2D eigenvalue weighted by Gasteiger charge is 2.51. The van der Waals surface area contributed by atoms with E-state index < -0.39 is 22.0 Å². The number of nitrogens with zero attached hydrogens (tertiary/aromatic N) is 2. The summed E-state index contributed by atoms with van der Waals surface area (Å²) in [7, 11) is -3.77. The fourth-order valence-electron chi connectivity index (χ4n) is 8.00. The van der Waals surface area contributed by atoms with Crippen molar-refractivity contribution < 1.29 is 18.0 Å². The van der Waals surface area contributed by atoms with Gasteiger partial charge >= 0.3 is 0 Å². The van der Waals surface area contributed by atoms with Crippen LogP contribution in [-0.4, -0.2) is 50.0 Å². The van der Waals surface area contributed by atoms with Crippen LogP contribution in [0.4, 0.5) is 5.69 Å². The maximum atomic E-state index is 13.9. The monoisotopic (exact) mass is 593 g/mol. The molecule has 0 spiro atoms. The summed E-state index contributed by atoms with van der Waals surface area (Å²) in [4.78, 5) is 28.5. The minimum atomic E-state index is -3.77. The van der Waals surface area contributed by atoms with Gasteiger partial charge in [-0.15, -0.1) is 0 Å². The SMILES string of the molecule is CC[C@@H](C)NC(=O)[C@H](C)N(Cc1ccc(C)cc1)C(=O)CN(c1ccc(C23CC4CC(CC(C4)C2)C3)cc1)S(C)(=O)=O. The molecule has 2 atom stereocenters. The van der Waals surface area contributed by atoms with Gasteiger partial charge in [-0.3, -0.25) is 13.9 Å². The van der Waals surface area contributed by atoms with E-state index in [1.165, 1.54) is 53.3 Å². The number of aryl methyl sites for hydroxylation is 1. The zero-order valence-electron chi connectivity index (χ0n) is 25.8. The topological polar surface area (TPSA) is 86.8 Å². The number of sulfonamides is 1. The Kier molecular flexibility index (Phi) is 8.75. The number of carbonyl (C=O) groups excluding carboxylic acids is 2. The van der Waals surface area contributed by atoms with Crippen LogP contribution in [0.2, 0.25) is 0 Å². The molecule has 0 heterocycles. The average molecular weight is 594 g/mol. The van der Waals surface area contributed by atoms with Crippen LogP contribution in [0.3, 0.4) is 0 Å². The van der Waals surface area contributed by atoms with Gasteiger partial charge in [-0.05, 0) is 112 Å². The Morgan fingerprint density at radius 3 is 1.98 bits per heavy atom. The molecule has 0 aromatic heterocycles. The maximum Gasteiger partial charge on any atom is 0.244 e. The first-order chi connectivity index (χ1) is 19.9. The zero-order chi connectivity index (χ0) is 30.2. The van der Waals surface area contributed by atoms with Gasteiger partial charge in [-0.1, -0.05) is 48.9 Å². The molecule has 6 rings (SSSR count). The quantitative estimate of drug-likeness (QED) is 0.370. The second kappa shape index (κ2) is 12.0. The van der Waals surface area contributed by atoms with Gasteiger partial charge in [-0.2, -0.15) is 0 Å². The van der Waals surface area contributed by atoms with E-state index >= 15 is 0 Å². The predicted molar refractivity (Wildman–Crippen MR) is 168 cm³/mol. The normalized spacial score (nSPS) is 26.0. The summed E-state index contributed by atoms with van der Waals surface area (Å²) in [5, 5.41) is 2.97. The van der Waals surface area contributed by atoms with E-state index in [-0.39, 0.29) is 30.5 Å². The first-order valence-electron chi connectivity index (χ1n) is 15.6. The number of anilines is 1. The lowest BCUT2D eigenvalue weighted by molar-refractivity contribution is -0.139. The van der Waals surface area contributed by atoms with Crippen LogP contribution in [0, 0.1) is 24.7 Å². The number of carbonyl (C=O) groups is 2. The Balaban J connectivity index is 1.38. The molecule has 4 fully saturated rings. The number of nitrogens with one attached hydrogen (secondary N) is 1. The number of hydrogen-bond donors (Lipinski definition) is 1. The Bertz CT molecular complexity index is 1350. The van der Waals surface area contributed by atoms with Crippen LogP contribution in [0.1, 0.15) is 82.4 Å². The van der Waals surface area contributed by atoms with E-state index in [4.69, 9.17) is 0 Å². The van der Waals surface area contributed by atoms with Gasteiger partial charge in [0.25, 0.3) is 0 Å². The minimum Gasteiger partial charge on any atom is -0.352 e. The standard InChI is InChI=1S/C34H47N3O4S/c1-6-24(3)35-33(39)25(4)36(21-26-9-7-23(2)8-10-26)32(38)22-37(42(5,40)41)31-13-11-30(12-14-31)34-18-27-15-28(19-34)17-29(16-27)20-34/h7-14,24-25,27-29H,6,15-22H2,1-5H3,(H,35,39)/t24-,25+,27?,28?,29?,34?/m1/s1. The molecule has 0 aliphatic heterocycles. The Morgan fingerprint density at radius 1 is 0.929 bits per heavy atom. The molecule has 4 bridgehead atoms. The van der Waals surface area contributed by atoms with Crippen molar-refractivity contribution in [2.75, 3.05) is 17.1 Å². The summed E-state index contributed by atoms with van der Waals surface area (Å²) in [5.74, 6) is 1.79. The molecule has 8 heteroatoms. The molecule has 0 saturated heterocycles. The fraction of sp³-hybridized carbons (Fsp3) is 0.588. The molecule has 0 unspecified atom stereocenters. The molecule has 4 saturated carbocycles. The predicted octanol–water partition coefficient (Wildman–Crippen LogP) is 5.56. The van der Waals surface area contributed by atoms with E-state index in [9.17, 15) is 18.0 Å². The van der Waals surface area contributed by atoms with Gasteiger partial charge in [0.2, 0.25) is 21.8 Å². The van der Waals surface area contributed by atoms with Crippen molar-refractivity contribution in [2.24, 2.45) is 17.8 Å². The number of benzene rings is 2. The highest BCUT2D eigenvalue weighted by Crippen LogP contribution is 2.60. The third-order valence-electron chi connectivity index (χ3n) is 10.1. The first-order valence-corrected chi connectivity index (χ1v) is 17.5. The lowest BCUT2D eigenvalue weighted by Crippen LogP contribution is -2.52. The maximum absolute atomic E-state index is 13.9. The summed E-state index contributed by atoms with van der Waals surface area (Å²) in [6, 6.07) is 14.9. The summed E-state index contributed by atoms with van der Waals surface area (Å²) in [6.07, 6.45) is 9.71. The van der Waals surface area contributed by atoms with Gasteiger partial charge in [0.05, 0.1) is 11.9 Å². The second-order valence-electron chi connectivity index (χ2n) is 13.5. The average Bonchev–Trinajstić information content (AvgIpc) is 2.93. The molecule has 2 aromatic carbocycles. The van der Waals surface area contributed by atoms with Crippen molar-refractivity contribution in [1.29, 1.82) is 0 Å². The highest BCUT2D eigenvalue weighted by atomic mass is 32.2. The van der Waals surface area contributed by atoms with Crippen molar-refractivity contribution in [2.45, 2.75) is 96.7 Å². The molecule has 2 amide bonds. The molecule has 4 aliphatic carbocycles. The van der Waals surface area contributed by atoms with Gasteiger partial charge in [0.15, 0.2) is 0 Å². The van der Waals surface area contributed by atoms with Gasteiger partial charge in [0.1, 0.15) is 12.6 Å². The molecule has 4 aliphatic rings. The van der Waals surface area contributed by atoms with E-state index in [1.54, 1.807) is 6.92 Å². The van der Waals surface area contributed by atoms with Crippen molar-refractivity contribution in [1.82, 2.24) is 10.2 Å². The van der Waals surface area contributed by atoms with Crippen LogP contribution in [-0.2, 0) is 31.6 Å². The second-order valence-corrected chi connectivity index (χ2v) is 15.4. The third-order valence-corrected chi connectivity index (χ3v) is 11.3. The molecule has 0 radical (unpaired) electrons. The number of rotatable bonds is 11. The summed E-state index contributed by atoms with van der Waals surface area (Å²) >= 11 is 0. The van der Waals surface area contributed by atoms with Gasteiger partial charge < -0.3 is 10.2 Å². The summed E-state index contributed by atoms with van der Waals surface area (Å²) in [5.41, 5.74) is 3.97. The zero-order valence-corrected chi connectivity index (χ0v) is 26.6. The third kappa shape index (κ3) is 6.53. The molecule has 1 N–H and O–H groups in total. The van der Waals surface area contributed by atoms with E-state index in [0.717, 1.165) is 41.6 Å². The van der Waals surface area contributed by atoms with E-state index in [2.05, 4.69) is 17.4 Å². The van der Waals surface area contributed by atoms with Crippen molar-refractivity contribution in [3.63, 3.8) is 0 Å². The van der Waals surface area contributed by atoms with Gasteiger partial charge in [-0.25, -0.2) is 8.42 Å². The first kappa shape index (κ1) is 30.6. The van der Waals surface area contributed by atoms with E-state index in [0.29, 0.717) is 5.69 Å². The molecular weight excluding hydrogens is 546 g/mol. The number of amides is 2. The molecule has 2 aromatic rings. The smallest absolute Gasteiger partial charge is 0.244 e. The Hall–Kier alpha value is -2.87. The van der Waals surface area contributed by atoms with Gasteiger partial charge in [0, 0.05) is 12.6 Å². The van der Waals surface area contributed by atoms with E-state index in [1.807, 2.05) is 57.2 Å². The van der Waals surface area contributed by atoms with Crippen LogP contribution < -0.4 is 9.62 Å². The van der Waals surface area contributed by atoms with Crippen molar-refractivity contribution >= 4 is 27.5 Å². The van der Waals surface area contributed by atoms with Crippen molar-refractivity contribution in [3.8, 4) is 0 Å². The van der Waals surface area contributed by atoms with Crippen LogP contribution in [0.15, 0.2) is 48.5 Å². The van der Waals surface area contributed by atoms with Crippen molar-refractivity contribution in [3.05, 3.63) is 65.2 Å². The molecular formula is C34H47N3O4S. The number of hydrogen-bond acceptors (Lipinski definition) is 4. The molecule has 7 nitrogen and oxygen atoms in total. The lowest BCUT2D eigenvalue weighted by atomic mass is 9.48. The van der Waals surface area contributed by atoms with Crippen LogP contribution in [0.5, 0.6) is 0 Å². The fourth-order valence-corrected chi connectivity index (χ4v) is 8.85. The minimum absolute atomic E-state index is 0.0312. The Labute approximate surface area is 252 Å². The highest BCUT2D eigenvalue weighted by molar-refractivity contribution is 7.92. The largest absolute Gasteiger partial charge is 0.352 e. The van der Waals surface area contributed by atoms with Crippen LogP contribution in [0.25, 0.3) is 0 Å². The lowest BCUT2D eigenvalue weighted by Gasteiger charge is -2.57. The molecule has 42 heavy (non-hydrogen) atoms.